The number of aryl methyl sites for hydroxylation is 1. The normalized spacial score (nSPS) is 11.1. The van der Waals surface area contributed by atoms with Crippen LogP contribution in [0.3, 0.4) is 0 Å². The summed E-state index contributed by atoms with van der Waals surface area (Å²) in [6, 6.07) is 9.97. The van der Waals surface area contributed by atoms with E-state index >= 15 is 0 Å². The molecule has 0 atom stereocenters. The molecule has 0 aliphatic heterocycles. The van der Waals surface area contributed by atoms with Gasteiger partial charge >= 0.3 is 0 Å². The molecule has 0 bridgehead atoms. The third-order valence-corrected chi connectivity index (χ3v) is 3.52. The van der Waals surface area contributed by atoms with Gasteiger partial charge in [-0.15, -0.1) is 0 Å². The van der Waals surface area contributed by atoms with Crippen molar-refractivity contribution in [3.8, 4) is 0 Å². The number of imidazole rings is 1. The Morgan fingerprint density at radius 2 is 2.00 bits per heavy atom. The van der Waals surface area contributed by atoms with Crippen LogP contribution in [-0.2, 0) is 13.0 Å². The Bertz CT molecular complexity index is 860. The molecule has 0 spiro atoms. The van der Waals surface area contributed by atoms with Gasteiger partial charge in [-0.1, -0.05) is 37.3 Å². The number of benzene rings is 1. The van der Waals surface area contributed by atoms with Gasteiger partial charge < -0.3 is 9.97 Å². The summed E-state index contributed by atoms with van der Waals surface area (Å²) < 4.78 is 2.36. The number of H-pyrrole nitrogens is 2. The smallest absolute Gasteiger partial charge is 0.276 e. The van der Waals surface area contributed by atoms with Gasteiger partial charge in [0.15, 0.2) is 15.9 Å². The number of aromatic nitrogens is 4. The average molecular weight is 286 g/mol. The van der Waals surface area contributed by atoms with E-state index in [1.54, 1.807) is 0 Å². The van der Waals surface area contributed by atoms with E-state index in [9.17, 15) is 4.79 Å². The van der Waals surface area contributed by atoms with Gasteiger partial charge in [-0.05, 0) is 17.8 Å². The largest absolute Gasteiger partial charge is 0.325 e. The maximum atomic E-state index is 12.0. The minimum atomic E-state index is -0.176. The molecule has 102 valence electrons. The first-order valence-electron chi connectivity index (χ1n) is 6.44. The van der Waals surface area contributed by atoms with Gasteiger partial charge in [0.1, 0.15) is 5.82 Å². The number of nitrogens with zero attached hydrogens (tertiary/aromatic N) is 2. The van der Waals surface area contributed by atoms with Gasteiger partial charge in [0.05, 0.1) is 6.54 Å². The molecule has 0 radical (unpaired) electrons. The van der Waals surface area contributed by atoms with E-state index in [4.69, 9.17) is 12.2 Å². The molecule has 2 aromatic heterocycles. The van der Waals surface area contributed by atoms with Crippen molar-refractivity contribution in [2.45, 2.75) is 19.9 Å². The zero-order valence-corrected chi connectivity index (χ0v) is 11.8. The fraction of sp³-hybridized carbons (Fsp3) is 0.214. The zero-order chi connectivity index (χ0) is 14.1. The van der Waals surface area contributed by atoms with E-state index in [0.717, 1.165) is 5.56 Å². The molecule has 0 fully saturated rings. The number of nitrogens with one attached hydrogen (secondary N) is 2. The van der Waals surface area contributed by atoms with Crippen molar-refractivity contribution >= 4 is 23.4 Å². The third-order valence-electron chi connectivity index (χ3n) is 3.20. The molecule has 20 heavy (non-hydrogen) atoms. The summed E-state index contributed by atoms with van der Waals surface area (Å²) in [5.41, 5.74) is 1.98. The first kappa shape index (κ1) is 12.8. The van der Waals surface area contributed by atoms with Gasteiger partial charge in [-0.25, -0.2) is 4.98 Å². The third kappa shape index (κ3) is 2.18. The predicted molar refractivity (Wildman–Crippen MR) is 80.5 cm³/mol. The molecule has 0 unspecified atom stereocenters. The molecule has 6 heteroatoms. The van der Waals surface area contributed by atoms with Gasteiger partial charge in [-0.3, -0.25) is 9.36 Å². The van der Waals surface area contributed by atoms with Crippen LogP contribution in [0.15, 0.2) is 35.1 Å². The molecule has 0 saturated heterocycles. The zero-order valence-electron chi connectivity index (χ0n) is 11.0. The Labute approximate surface area is 120 Å². The highest BCUT2D eigenvalue weighted by Crippen LogP contribution is 2.11. The number of fused-ring (bicyclic) bond motifs is 1. The highest BCUT2D eigenvalue weighted by Gasteiger charge is 2.11. The van der Waals surface area contributed by atoms with Crippen LogP contribution in [0, 0.1) is 4.77 Å². The molecule has 0 aliphatic rings. The molecule has 5 nitrogen and oxygen atoms in total. The Morgan fingerprint density at radius 1 is 1.25 bits per heavy atom. The highest BCUT2D eigenvalue weighted by molar-refractivity contribution is 7.71. The molecular weight excluding hydrogens is 272 g/mol. The van der Waals surface area contributed by atoms with Crippen LogP contribution in [0.4, 0.5) is 0 Å². The van der Waals surface area contributed by atoms with E-state index in [2.05, 4.69) is 15.0 Å². The molecule has 2 N–H and O–H groups in total. The maximum Gasteiger partial charge on any atom is 0.276 e. The lowest BCUT2D eigenvalue weighted by Crippen LogP contribution is -2.12. The molecule has 1 aromatic carbocycles. The van der Waals surface area contributed by atoms with Gasteiger partial charge in [-0.2, -0.15) is 0 Å². The fourth-order valence-electron chi connectivity index (χ4n) is 2.17. The lowest BCUT2D eigenvalue weighted by atomic mass is 10.2. The topological polar surface area (TPSA) is 66.5 Å². The fourth-order valence-corrected chi connectivity index (χ4v) is 2.42. The van der Waals surface area contributed by atoms with E-state index in [-0.39, 0.29) is 5.56 Å². The maximum absolute atomic E-state index is 12.0. The second-order valence-electron chi connectivity index (χ2n) is 4.57. The minimum Gasteiger partial charge on any atom is -0.325 e. The standard InChI is InChI=1S/C14H14N4OS/c1-2-10-15-12-11(13(19)16-10)17-14(20)18(12)8-9-6-4-3-5-7-9/h3-7H,2,8H2,1H3,(H,17,20)(H,15,16,19). The Hall–Kier alpha value is -2.21. The molecule has 3 rings (SSSR count). The Balaban J connectivity index is 2.20. The summed E-state index contributed by atoms with van der Waals surface area (Å²) in [6.45, 7) is 2.55. The molecule has 3 aromatic rings. The summed E-state index contributed by atoms with van der Waals surface area (Å²) >= 11 is 5.31. The monoisotopic (exact) mass is 286 g/mol. The van der Waals surface area contributed by atoms with Crippen molar-refractivity contribution in [3.05, 3.63) is 56.8 Å². The summed E-state index contributed by atoms with van der Waals surface area (Å²) in [7, 11) is 0. The number of aromatic amines is 2. The van der Waals surface area contributed by atoms with Crippen LogP contribution in [-0.4, -0.2) is 19.5 Å². The summed E-state index contributed by atoms with van der Waals surface area (Å²) in [4.78, 5) is 22.2. The quantitative estimate of drug-likeness (QED) is 0.727. The first-order chi connectivity index (χ1) is 9.69. The van der Waals surface area contributed by atoms with Crippen LogP contribution in [0.1, 0.15) is 18.3 Å². The van der Waals surface area contributed by atoms with Crippen molar-refractivity contribution in [1.82, 2.24) is 19.5 Å². The van der Waals surface area contributed by atoms with E-state index in [0.29, 0.717) is 34.7 Å². The van der Waals surface area contributed by atoms with Gasteiger partial charge in [0.2, 0.25) is 0 Å². The van der Waals surface area contributed by atoms with Crippen molar-refractivity contribution in [3.63, 3.8) is 0 Å². The van der Waals surface area contributed by atoms with Crippen LogP contribution in [0.25, 0.3) is 11.2 Å². The average Bonchev–Trinajstić information content (AvgIpc) is 2.77. The van der Waals surface area contributed by atoms with Gasteiger partial charge in [0.25, 0.3) is 5.56 Å². The lowest BCUT2D eigenvalue weighted by molar-refractivity contribution is 0.793. The molecule has 0 saturated carbocycles. The second-order valence-corrected chi connectivity index (χ2v) is 4.95. The van der Waals surface area contributed by atoms with Crippen molar-refractivity contribution in [1.29, 1.82) is 0 Å². The lowest BCUT2D eigenvalue weighted by Gasteiger charge is -2.04. The SMILES string of the molecule is CCc1nc2c([nH]c(=S)n2Cc2ccccc2)c(=O)[nH]1. The van der Waals surface area contributed by atoms with Crippen LogP contribution < -0.4 is 5.56 Å². The minimum absolute atomic E-state index is 0.176. The molecule has 0 aliphatic carbocycles. The Morgan fingerprint density at radius 3 is 2.70 bits per heavy atom. The second kappa shape index (κ2) is 5.05. The summed E-state index contributed by atoms with van der Waals surface area (Å²) in [6.07, 6.45) is 0.675. The molecule has 0 amide bonds. The molecular formula is C14H14N4OS. The van der Waals surface area contributed by atoms with Crippen molar-refractivity contribution in [2.24, 2.45) is 0 Å². The summed E-state index contributed by atoms with van der Waals surface area (Å²) in [5, 5.41) is 0. The Kier molecular flexibility index (Phi) is 3.23. The van der Waals surface area contributed by atoms with Crippen LogP contribution in [0.5, 0.6) is 0 Å². The predicted octanol–water partition coefficient (Wildman–Crippen LogP) is 2.39. The van der Waals surface area contributed by atoms with E-state index in [1.165, 1.54) is 0 Å². The highest BCUT2D eigenvalue weighted by atomic mass is 32.1. The van der Waals surface area contributed by atoms with Crippen molar-refractivity contribution in [2.75, 3.05) is 0 Å². The number of hydrogen-bond acceptors (Lipinski definition) is 3. The van der Waals surface area contributed by atoms with E-state index in [1.807, 2.05) is 41.8 Å². The van der Waals surface area contributed by atoms with Crippen molar-refractivity contribution < 1.29 is 0 Å². The first-order valence-corrected chi connectivity index (χ1v) is 6.85. The number of rotatable bonds is 3. The summed E-state index contributed by atoms with van der Waals surface area (Å²) in [5.74, 6) is 0.665. The number of hydrogen-bond donors (Lipinski definition) is 2. The van der Waals surface area contributed by atoms with E-state index < -0.39 is 0 Å². The van der Waals surface area contributed by atoms with Gasteiger partial charge in [0, 0.05) is 6.42 Å². The van der Waals surface area contributed by atoms with Crippen LogP contribution in [0.2, 0.25) is 0 Å². The van der Waals surface area contributed by atoms with Crippen LogP contribution >= 0.6 is 12.2 Å². The molecule has 2 heterocycles.